The summed E-state index contributed by atoms with van der Waals surface area (Å²) >= 11 is 0. The predicted molar refractivity (Wildman–Crippen MR) is 108 cm³/mol. The van der Waals surface area contributed by atoms with Gasteiger partial charge in [0.1, 0.15) is 11.1 Å². The lowest BCUT2D eigenvalue weighted by Gasteiger charge is -2.29. The van der Waals surface area contributed by atoms with Crippen LogP contribution in [0.3, 0.4) is 0 Å². The number of aryl methyl sites for hydroxylation is 1. The highest BCUT2D eigenvalue weighted by molar-refractivity contribution is 6.05. The molecule has 0 aliphatic carbocycles. The van der Waals surface area contributed by atoms with Gasteiger partial charge in [0.05, 0.1) is 0 Å². The fourth-order valence-electron chi connectivity index (χ4n) is 3.54. The van der Waals surface area contributed by atoms with Gasteiger partial charge in [-0.1, -0.05) is 25.1 Å². The van der Waals surface area contributed by atoms with Crippen LogP contribution in [-0.2, 0) is 11.2 Å². The van der Waals surface area contributed by atoms with Crippen LogP contribution >= 0.6 is 0 Å². The smallest absolute Gasteiger partial charge is 0.349 e. The van der Waals surface area contributed by atoms with Gasteiger partial charge in [-0.25, -0.2) is 4.79 Å². The number of hydrogen-bond donors (Lipinski definition) is 1. The van der Waals surface area contributed by atoms with E-state index in [9.17, 15) is 14.4 Å². The van der Waals surface area contributed by atoms with Gasteiger partial charge < -0.3 is 14.6 Å². The standard InChI is InChI=1S/C22H20N2O4/c1-2-20(25)24-11-5-7-14-12-16(9-10-18(14)24)23-21(26)17-13-15-6-3-4-8-19(15)28-22(17)27/h3-4,6,8-10,12-13H,2,5,7,11H2,1H3,(H,23,26). The van der Waals surface area contributed by atoms with Crippen molar-refractivity contribution in [3.63, 3.8) is 0 Å². The number of anilines is 2. The summed E-state index contributed by atoms with van der Waals surface area (Å²) in [5.74, 6) is -0.428. The monoisotopic (exact) mass is 376 g/mol. The molecule has 142 valence electrons. The third kappa shape index (κ3) is 3.29. The Morgan fingerprint density at radius 3 is 2.79 bits per heavy atom. The van der Waals surface area contributed by atoms with Gasteiger partial charge in [-0.2, -0.15) is 0 Å². The van der Waals surface area contributed by atoms with Gasteiger partial charge in [0.15, 0.2) is 0 Å². The number of fused-ring (bicyclic) bond motifs is 2. The van der Waals surface area contributed by atoms with E-state index >= 15 is 0 Å². The van der Waals surface area contributed by atoms with Crippen LogP contribution in [0.15, 0.2) is 57.7 Å². The van der Waals surface area contributed by atoms with Crippen LogP contribution in [0.5, 0.6) is 0 Å². The number of hydrogen-bond acceptors (Lipinski definition) is 4. The Hall–Kier alpha value is -3.41. The number of benzene rings is 2. The van der Waals surface area contributed by atoms with Crippen LogP contribution in [0.4, 0.5) is 11.4 Å². The van der Waals surface area contributed by atoms with E-state index < -0.39 is 11.5 Å². The van der Waals surface area contributed by atoms with E-state index in [1.165, 1.54) is 6.07 Å². The Kier molecular flexibility index (Phi) is 4.69. The first-order valence-corrected chi connectivity index (χ1v) is 9.34. The quantitative estimate of drug-likeness (QED) is 0.707. The summed E-state index contributed by atoms with van der Waals surface area (Å²) in [5.41, 5.74) is 2.21. The van der Waals surface area contributed by atoms with Crippen molar-refractivity contribution in [3.05, 3.63) is 70.1 Å². The van der Waals surface area contributed by atoms with Gasteiger partial charge >= 0.3 is 5.63 Å². The van der Waals surface area contributed by atoms with Crippen LogP contribution in [-0.4, -0.2) is 18.4 Å². The maximum absolute atomic E-state index is 12.6. The molecular weight excluding hydrogens is 356 g/mol. The lowest BCUT2D eigenvalue weighted by Crippen LogP contribution is -2.34. The van der Waals surface area contributed by atoms with E-state index in [1.54, 1.807) is 29.2 Å². The third-order valence-corrected chi connectivity index (χ3v) is 4.95. The number of nitrogens with one attached hydrogen (secondary N) is 1. The van der Waals surface area contributed by atoms with Crippen LogP contribution in [0.25, 0.3) is 11.0 Å². The molecule has 2 heterocycles. The van der Waals surface area contributed by atoms with Gasteiger partial charge in [0.2, 0.25) is 5.91 Å². The van der Waals surface area contributed by atoms with Crippen molar-refractivity contribution in [3.8, 4) is 0 Å². The maximum Gasteiger partial charge on any atom is 0.349 e. The van der Waals surface area contributed by atoms with E-state index in [2.05, 4.69) is 5.32 Å². The van der Waals surface area contributed by atoms with Crippen LogP contribution in [0.2, 0.25) is 0 Å². The second kappa shape index (κ2) is 7.31. The van der Waals surface area contributed by atoms with Gasteiger partial charge in [-0.3, -0.25) is 9.59 Å². The van der Waals surface area contributed by atoms with Crippen LogP contribution < -0.4 is 15.8 Å². The first-order chi connectivity index (χ1) is 13.6. The first kappa shape index (κ1) is 18.0. The Morgan fingerprint density at radius 1 is 1.14 bits per heavy atom. The van der Waals surface area contributed by atoms with Gasteiger partial charge in [0.25, 0.3) is 5.91 Å². The van der Waals surface area contributed by atoms with Gasteiger partial charge in [0, 0.05) is 29.7 Å². The minimum atomic E-state index is -0.672. The molecule has 28 heavy (non-hydrogen) atoms. The molecule has 6 nitrogen and oxygen atoms in total. The van der Waals surface area contributed by atoms with E-state index in [1.807, 2.05) is 25.1 Å². The number of nitrogens with zero attached hydrogens (tertiary/aromatic N) is 1. The molecule has 1 aliphatic rings. The Labute approximate surface area is 161 Å². The second-order valence-electron chi connectivity index (χ2n) is 6.79. The average Bonchev–Trinajstić information content (AvgIpc) is 2.72. The summed E-state index contributed by atoms with van der Waals surface area (Å²) in [4.78, 5) is 38.7. The molecule has 1 aromatic heterocycles. The Bertz CT molecular complexity index is 1130. The molecule has 0 unspecified atom stereocenters. The molecule has 3 aromatic rings. The second-order valence-corrected chi connectivity index (χ2v) is 6.79. The lowest BCUT2D eigenvalue weighted by atomic mass is 10.0. The predicted octanol–water partition coefficient (Wildman–Crippen LogP) is 3.73. The number of para-hydroxylation sites is 1. The van der Waals surface area contributed by atoms with E-state index in [0.29, 0.717) is 29.6 Å². The third-order valence-electron chi connectivity index (χ3n) is 4.95. The molecule has 0 saturated heterocycles. The van der Waals surface area contributed by atoms with Crippen molar-refractivity contribution >= 4 is 34.2 Å². The summed E-state index contributed by atoms with van der Waals surface area (Å²) in [5, 5.41) is 3.46. The molecule has 0 bridgehead atoms. The van der Waals surface area contributed by atoms with Crippen molar-refractivity contribution in [2.24, 2.45) is 0 Å². The zero-order valence-electron chi connectivity index (χ0n) is 15.5. The molecule has 0 spiro atoms. The normalized spacial score (nSPS) is 13.2. The highest BCUT2D eigenvalue weighted by Gasteiger charge is 2.22. The fraction of sp³-hybridized carbons (Fsp3) is 0.227. The molecule has 0 saturated carbocycles. The first-order valence-electron chi connectivity index (χ1n) is 9.34. The zero-order valence-corrected chi connectivity index (χ0v) is 15.5. The Morgan fingerprint density at radius 2 is 1.96 bits per heavy atom. The number of carbonyl (C=O) groups excluding carboxylic acids is 2. The van der Waals surface area contributed by atoms with Gasteiger partial charge in [-0.15, -0.1) is 0 Å². The summed E-state index contributed by atoms with van der Waals surface area (Å²) in [6.07, 6.45) is 2.17. The summed E-state index contributed by atoms with van der Waals surface area (Å²) < 4.78 is 5.23. The van der Waals surface area contributed by atoms with Crippen molar-refractivity contribution in [1.29, 1.82) is 0 Å². The minimum absolute atomic E-state index is 0.0424. The zero-order chi connectivity index (χ0) is 19.7. The van der Waals surface area contributed by atoms with Crippen LogP contribution in [0, 0.1) is 0 Å². The van der Waals surface area contributed by atoms with E-state index in [4.69, 9.17) is 4.42 Å². The maximum atomic E-state index is 12.6. The summed E-state index contributed by atoms with van der Waals surface area (Å²) in [6.45, 7) is 2.56. The van der Waals surface area contributed by atoms with E-state index in [0.717, 1.165) is 24.1 Å². The van der Waals surface area contributed by atoms with E-state index in [-0.39, 0.29) is 11.5 Å². The molecule has 1 N–H and O–H groups in total. The molecule has 0 fully saturated rings. The molecule has 2 aromatic carbocycles. The summed E-state index contributed by atoms with van der Waals surface area (Å²) in [6, 6.07) is 14.1. The summed E-state index contributed by atoms with van der Waals surface area (Å²) in [7, 11) is 0. The number of amides is 2. The van der Waals surface area contributed by atoms with Gasteiger partial charge in [-0.05, 0) is 48.7 Å². The lowest BCUT2D eigenvalue weighted by molar-refractivity contribution is -0.118. The molecule has 4 rings (SSSR count). The van der Waals surface area contributed by atoms with Crippen LogP contribution in [0.1, 0.15) is 35.7 Å². The molecular formula is C22H20N2O4. The SMILES string of the molecule is CCC(=O)N1CCCc2cc(NC(=O)c3cc4ccccc4oc3=O)ccc21. The molecule has 0 atom stereocenters. The topological polar surface area (TPSA) is 79.6 Å². The minimum Gasteiger partial charge on any atom is -0.422 e. The molecule has 0 radical (unpaired) electrons. The number of carbonyl (C=O) groups is 2. The highest BCUT2D eigenvalue weighted by Crippen LogP contribution is 2.30. The average molecular weight is 376 g/mol. The fourth-order valence-corrected chi connectivity index (χ4v) is 3.54. The highest BCUT2D eigenvalue weighted by atomic mass is 16.4. The molecule has 2 amide bonds. The van der Waals surface area contributed by atoms with Crippen molar-refractivity contribution in [1.82, 2.24) is 0 Å². The molecule has 6 heteroatoms. The van der Waals surface area contributed by atoms with Crippen molar-refractivity contribution in [2.45, 2.75) is 26.2 Å². The Balaban J connectivity index is 1.61. The van der Waals surface area contributed by atoms with Crippen molar-refractivity contribution < 1.29 is 14.0 Å². The number of rotatable bonds is 3. The largest absolute Gasteiger partial charge is 0.422 e. The van der Waals surface area contributed by atoms with Crippen molar-refractivity contribution in [2.75, 3.05) is 16.8 Å². The molecule has 1 aliphatic heterocycles.